The van der Waals surface area contributed by atoms with E-state index in [2.05, 4.69) is 42.6 Å². The number of amides is 1. The summed E-state index contributed by atoms with van der Waals surface area (Å²) in [6, 6.07) is 6.73. The molecular formula is C17H14BrClF3N3O3. The summed E-state index contributed by atoms with van der Waals surface area (Å²) in [6.45, 7) is 0.113. The van der Waals surface area contributed by atoms with Gasteiger partial charge in [-0.05, 0) is 46.3 Å². The van der Waals surface area contributed by atoms with Gasteiger partial charge in [0.25, 0.3) is 5.91 Å². The molecule has 150 valence electrons. The number of nitrogens with zero attached hydrogens (tertiary/aromatic N) is 2. The molecule has 1 aromatic carbocycles. The van der Waals surface area contributed by atoms with Crippen LogP contribution >= 0.6 is 27.5 Å². The number of halogens is 5. The van der Waals surface area contributed by atoms with Gasteiger partial charge in [0.15, 0.2) is 0 Å². The number of aliphatic hydroxyl groups is 1. The van der Waals surface area contributed by atoms with Crippen LogP contribution in [0.15, 0.2) is 41.0 Å². The molecule has 1 saturated heterocycles. The minimum Gasteiger partial charge on any atom is -0.420 e. The Labute approximate surface area is 171 Å². The molecule has 2 N–H and O–H groups in total. The quantitative estimate of drug-likeness (QED) is 0.637. The summed E-state index contributed by atoms with van der Waals surface area (Å²) in [5.74, 6) is -0.231. The molecule has 2 aromatic rings. The van der Waals surface area contributed by atoms with Gasteiger partial charge in [-0.3, -0.25) is 4.79 Å². The first-order chi connectivity index (χ1) is 13.1. The van der Waals surface area contributed by atoms with Gasteiger partial charge in [-0.2, -0.15) is 0 Å². The Morgan fingerprint density at radius 3 is 2.57 bits per heavy atom. The zero-order chi connectivity index (χ0) is 20.5. The second-order valence-corrected chi connectivity index (χ2v) is 7.34. The number of nitrogens with one attached hydrogen (secondary N) is 1. The van der Waals surface area contributed by atoms with Crippen molar-refractivity contribution in [3.05, 3.63) is 46.6 Å². The van der Waals surface area contributed by atoms with Crippen molar-refractivity contribution in [2.45, 2.75) is 17.8 Å². The van der Waals surface area contributed by atoms with E-state index in [1.54, 1.807) is 4.90 Å². The fourth-order valence-corrected chi connectivity index (χ4v) is 3.34. The third-order valence-corrected chi connectivity index (χ3v) is 4.61. The van der Waals surface area contributed by atoms with Gasteiger partial charge in [-0.25, -0.2) is 9.37 Å². The Morgan fingerprint density at radius 1 is 1.36 bits per heavy atom. The molecule has 0 spiro atoms. The summed E-state index contributed by atoms with van der Waals surface area (Å²) < 4.78 is 43.3. The molecule has 2 heterocycles. The standard InChI is InChI=1S/C17H14BrClF3N3O3/c18-12-5-9(6-23-15(12)25-7-13(20)14(26)8-25)16(27)24-10-1-3-11(4-2-10)28-17(19,21)22/h1-6,13-14,26H,7-8H2,(H,24,27). The number of β-amino-alcohol motifs (C(OH)–C–C–N with tert-alkyl or cyclic N) is 1. The van der Waals surface area contributed by atoms with E-state index in [1.165, 1.54) is 36.5 Å². The predicted molar refractivity (Wildman–Crippen MR) is 101 cm³/mol. The first kappa shape index (κ1) is 20.7. The zero-order valence-electron chi connectivity index (χ0n) is 14.1. The lowest BCUT2D eigenvalue weighted by molar-refractivity contribution is -0.0964. The molecule has 1 aliphatic rings. The van der Waals surface area contributed by atoms with Crippen LogP contribution in [0.2, 0.25) is 0 Å². The fourth-order valence-electron chi connectivity index (χ4n) is 2.65. The van der Waals surface area contributed by atoms with Crippen molar-refractivity contribution < 1.29 is 27.8 Å². The molecule has 0 bridgehead atoms. The summed E-state index contributed by atoms with van der Waals surface area (Å²) in [5.41, 5.74) is -3.25. The monoisotopic (exact) mass is 479 g/mol. The fraction of sp³-hybridized carbons (Fsp3) is 0.294. The van der Waals surface area contributed by atoms with Crippen LogP contribution < -0.4 is 15.0 Å². The van der Waals surface area contributed by atoms with E-state index in [-0.39, 0.29) is 24.4 Å². The number of hydrogen-bond acceptors (Lipinski definition) is 5. The van der Waals surface area contributed by atoms with Gasteiger partial charge in [-0.1, -0.05) is 0 Å². The number of aromatic nitrogens is 1. The first-order valence-electron chi connectivity index (χ1n) is 8.02. The van der Waals surface area contributed by atoms with Crippen LogP contribution in [0.5, 0.6) is 5.75 Å². The molecule has 1 amide bonds. The number of carbonyl (C=O) groups is 1. The number of carbonyl (C=O) groups excluding carboxylic acids is 1. The van der Waals surface area contributed by atoms with Gasteiger partial charge in [0, 0.05) is 30.0 Å². The average molecular weight is 481 g/mol. The minimum absolute atomic E-state index is 0.00801. The minimum atomic E-state index is -3.82. The van der Waals surface area contributed by atoms with Crippen molar-refractivity contribution >= 4 is 44.9 Å². The van der Waals surface area contributed by atoms with Gasteiger partial charge < -0.3 is 20.1 Å². The van der Waals surface area contributed by atoms with Crippen molar-refractivity contribution in [2.75, 3.05) is 23.3 Å². The number of anilines is 2. The smallest absolute Gasteiger partial charge is 0.420 e. The second-order valence-electron chi connectivity index (χ2n) is 6.04. The van der Waals surface area contributed by atoms with Crippen LogP contribution in [0, 0.1) is 0 Å². The van der Waals surface area contributed by atoms with Gasteiger partial charge in [-0.15, -0.1) is 8.78 Å². The number of alkyl halides is 4. The van der Waals surface area contributed by atoms with Crippen LogP contribution in [0.3, 0.4) is 0 Å². The summed E-state index contributed by atoms with van der Waals surface area (Å²) in [6.07, 6.45) is -1.12. The molecule has 1 aliphatic heterocycles. The number of hydrogen-bond donors (Lipinski definition) is 2. The third kappa shape index (κ3) is 5.06. The lowest BCUT2D eigenvalue weighted by Gasteiger charge is -2.18. The van der Waals surface area contributed by atoms with E-state index in [9.17, 15) is 23.1 Å². The number of pyridine rings is 1. The van der Waals surface area contributed by atoms with E-state index in [0.717, 1.165) is 0 Å². The molecule has 1 aromatic heterocycles. The maximum Gasteiger partial charge on any atom is 0.487 e. The van der Waals surface area contributed by atoms with E-state index >= 15 is 0 Å². The van der Waals surface area contributed by atoms with E-state index < -0.39 is 23.8 Å². The average Bonchev–Trinajstić information content (AvgIpc) is 2.94. The largest absolute Gasteiger partial charge is 0.487 e. The lowest BCUT2D eigenvalue weighted by atomic mass is 10.2. The highest BCUT2D eigenvalue weighted by molar-refractivity contribution is 9.10. The number of aliphatic hydroxyl groups excluding tert-OH is 1. The maximum absolute atomic E-state index is 13.5. The molecule has 0 aliphatic carbocycles. The number of benzene rings is 1. The molecule has 2 unspecified atom stereocenters. The molecule has 0 saturated carbocycles. The van der Waals surface area contributed by atoms with Crippen LogP contribution in [0.1, 0.15) is 10.4 Å². The van der Waals surface area contributed by atoms with E-state index in [1.807, 2.05) is 0 Å². The van der Waals surface area contributed by atoms with Crippen molar-refractivity contribution in [3.8, 4) is 5.75 Å². The van der Waals surface area contributed by atoms with Gasteiger partial charge in [0.2, 0.25) is 0 Å². The van der Waals surface area contributed by atoms with Crippen LogP contribution in [-0.4, -0.2) is 46.9 Å². The molecule has 0 radical (unpaired) electrons. The summed E-state index contributed by atoms with van der Waals surface area (Å²) in [5, 5.41) is 12.1. The van der Waals surface area contributed by atoms with Crippen molar-refractivity contribution in [2.24, 2.45) is 0 Å². The SMILES string of the molecule is O=C(Nc1ccc(OC(F)(F)Cl)cc1)c1cnc(N2CC(O)C(F)C2)c(Br)c1. The van der Waals surface area contributed by atoms with Gasteiger partial charge in [0.1, 0.15) is 23.8 Å². The van der Waals surface area contributed by atoms with Crippen molar-refractivity contribution in [3.63, 3.8) is 0 Å². The Balaban J connectivity index is 1.67. The molecule has 6 nitrogen and oxygen atoms in total. The maximum atomic E-state index is 13.5. The van der Waals surface area contributed by atoms with Gasteiger partial charge in [0.05, 0.1) is 16.6 Å². The van der Waals surface area contributed by atoms with Crippen LogP contribution in [-0.2, 0) is 0 Å². The molecular weight excluding hydrogens is 467 g/mol. The second kappa shape index (κ2) is 8.14. The summed E-state index contributed by atoms with van der Waals surface area (Å²) in [4.78, 5) is 18.1. The highest BCUT2D eigenvalue weighted by Gasteiger charge is 2.33. The highest BCUT2D eigenvalue weighted by atomic mass is 79.9. The normalized spacial score (nSPS) is 19.6. The third-order valence-electron chi connectivity index (χ3n) is 3.95. The first-order valence-corrected chi connectivity index (χ1v) is 9.19. The summed E-state index contributed by atoms with van der Waals surface area (Å²) in [7, 11) is 0. The predicted octanol–water partition coefficient (Wildman–Crippen LogP) is 3.78. The number of ether oxygens (including phenoxy) is 1. The Morgan fingerprint density at radius 2 is 2.04 bits per heavy atom. The van der Waals surface area contributed by atoms with Crippen LogP contribution in [0.25, 0.3) is 0 Å². The molecule has 11 heteroatoms. The van der Waals surface area contributed by atoms with Crippen molar-refractivity contribution in [1.29, 1.82) is 0 Å². The molecule has 28 heavy (non-hydrogen) atoms. The molecule has 3 rings (SSSR count). The Bertz CT molecular complexity index is 857. The zero-order valence-corrected chi connectivity index (χ0v) is 16.4. The number of rotatable bonds is 5. The van der Waals surface area contributed by atoms with Crippen molar-refractivity contribution in [1.82, 2.24) is 4.98 Å². The molecule has 2 atom stereocenters. The lowest BCUT2D eigenvalue weighted by Crippen LogP contribution is -2.23. The van der Waals surface area contributed by atoms with E-state index in [0.29, 0.717) is 16.0 Å². The van der Waals surface area contributed by atoms with Crippen LogP contribution in [0.4, 0.5) is 24.7 Å². The van der Waals surface area contributed by atoms with E-state index in [4.69, 9.17) is 0 Å². The Kier molecular flexibility index (Phi) is 6.01. The highest BCUT2D eigenvalue weighted by Crippen LogP contribution is 2.29. The Hall–Kier alpha value is -2.04. The molecule has 1 fully saturated rings. The topological polar surface area (TPSA) is 74.7 Å². The summed E-state index contributed by atoms with van der Waals surface area (Å²) >= 11 is 7.99. The van der Waals surface area contributed by atoms with Gasteiger partial charge >= 0.3 is 5.57 Å².